The highest BCUT2D eigenvalue weighted by molar-refractivity contribution is 7.85. The van der Waals surface area contributed by atoms with Crippen LogP contribution in [-0.2, 0) is 14.9 Å². The van der Waals surface area contributed by atoms with Crippen molar-refractivity contribution in [1.29, 1.82) is 0 Å². The summed E-state index contributed by atoms with van der Waals surface area (Å²) in [4.78, 5) is 14.6. The van der Waals surface area contributed by atoms with Crippen LogP contribution in [0.15, 0.2) is 12.2 Å². The summed E-state index contributed by atoms with van der Waals surface area (Å²) >= 11 is 0. The monoisotopic (exact) mass is 489 g/mol. The molecule has 0 aromatic heterocycles. The molecule has 1 atom stereocenters. The van der Waals surface area contributed by atoms with Crippen molar-refractivity contribution in [3.8, 4) is 0 Å². The topological polar surface area (TPSA) is 118 Å². The van der Waals surface area contributed by atoms with Crippen LogP contribution >= 0.6 is 0 Å². The molecule has 0 saturated carbocycles. The van der Waals surface area contributed by atoms with Gasteiger partial charge in [0.05, 0.1) is 6.61 Å². The third kappa shape index (κ3) is 13.9. The number of aliphatic hydroxyl groups excluding tert-OH is 2. The predicted octanol–water partition coefficient (Wildman–Crippen LogP) is 2.78. The molecule has 0 saturated heterocycles. The van der Waals surface area contributed by atoms with Crippen molar-refractivity contribution in [2.24, 2.45) is 0 Å². The molecular weight excluding hydrogens is 444 g/mol. The molecule has 0 aromatic carbocycles. The molecule has 0 spiro atoms. The maximum atomic E-state index is 12.8. The van der Waals surface area contributed by atoms with Crippen LogP contribution < -0.4 is 0 Å². The molecule has 3 N–H and O–H groups in total. The molecule has 0 amide bonds. The largest absolute Gasteiger partial charge is 0.392 e. The van der Waals surface area contributed by atoms with E-state index in [0.29, 0.717) is 31.9 Å². The molecule has 192 valence electrons. The maximum absolute atomic E-state index is 12.8. The Morgan fingerprint density at radius 1 is 1.06 bits per heavy atom. The summed E-state index contributed by atoms with van der Waals surface area (Å²) in [6, 6.07) is 0. The van der Waals surface area contributed by atoms with Gasteiger partial charge in [-0.05, 0) is 32.1 Å². The molecule has 0 radical (unpaired) electrons. The van der Waals surface area contributed by atoms with Crippen LogP contribution in [0.25, 0.3) is 0 Å². The zero-order valence-corrected chi connectivity index (χ0v) is 21.1. The van der Waals surface area contributed by atoms with Gasteiger partial charge in [-0.1, -0.05) is 57.6 Å². The van der Waals surface area contributed by atoms with E-state index in [1.165, 1.54) is 44.9 Å². The molecule has 1 unspecified atom stereocenters. The van der Waals surface area contributed by atoms with E-state index in [4.69, 9.17) is 4.55 Å². The minimum absolute atomic E-state index is 0.0515. The van der Waals surface area contributed by atoms with Crippen molar-refractivity contribution in [1.82, 2.24) is 4.90 Å². The number of hydrogen-bond donors (Lipinski definition) is 3. The predicted molar refractivity (Wildman–Crippen MR) is 131 cm³/mol. The third-order valence-electron chi connectivity index (χ3n) is 5.86. The average molecular weight is 490 g/mol. The summed E-state index contributed by atoms with van der Waals surface area (Å²) in [7, 11) is -4.29. The van der Waals surface area contributed by atoms with Crippen LogP contribution in [0.3, 0.4) is 0 Å². The number of rotatable bonds is 20. The van der Waals surface area contributed by atoms with Gasteiger partial charge in [-0.3, -0.25) is 18.8 Å². The van der Waals surface area contributed by atoms with Gasteiger partial charge in [-0.15, -0.1) is 0 Å². The number of allylic oxidation sites excluding steroid dienone is 2. The van der Waals surface area contributed by atoms with E-state index in [2.05, 4.69) is 19.1 Å². The number of hydrogen-bond acceptors (Lipinski definition) is 6. The van der Waals surface area contributed by atoms with Crippen molar-refractivity contribution < 1.29 is 32.6 Å². The second kappa shape index (κ2) is 17.2. The van der Waals surface area contributed by atoms with E-state index in [1.54, 1.807) is 9.48 Å². The SMILES string of the molecule is CCCCCCCCC/C=C/CCCCC(=O)C1=[N+](CC(O)CS(=O)(=O)O)CCN1CCO. The highest BCUT2D eigenvalue weighted by Gasteiger charge is 2.36. The van der Waals surface area contributed by atoms with Gasteiger partial charge in [0, 0.05) is 6.42 Å². The number of Topliss-reactive ketones (excluding diaryl/α,β-unsaturated/α-hetero) is 1. The van der Waals surface area contributed by atoms with E-state index in [-0.39, 0.29) is 18.9 Å². The second-order valence-corrected chi connectivity index (χ2v) is 10.4. The van der Waals surface area contributed by atoms with Crippen molar-refractivity contribution >= 4 is 21.7 Å². The lowest BCUT2D eigenvalue weighted by Crippen LogP contribution is -2.40. The molecule has 1 heterocycles. The summed E-state index contributed by atoms with van der Waals surface area (Å²) in [5.41, 5.74) is 0. The quantitative estimate of drug-likeness (QED) is 0.104. The molecule has 8 nitrogen and oxygen atoms in total. The van der Waals surface area contributed by atoms with Gasteiger partial charge in [-0.2, -0.15) is 8.42 Å². The van der Waals surface area contributed by atoms with Crippen LogP contribution in [0, 0.1) is 0 Å². The summed E-state index contributed by atoms with van der Waals surface area (Å²) in [6.07, 6.45) is 16.4. The number of unbranched alkanes of at least 4 members (excludes halogenated alkanes) is 9. The van der Waals surface area contributed by atoms with Crippen molar-refractivity contribution in [2.45, 2.75) is 90.1 Å². The Kier molecular flexibility index (Phi) is 15.5. The van der Waals surface area contributed by atoms with Crippen molar-refractivity contribution in [3.63, 3.8) is 0 Å². The molecule has 1 rings (SSSR count). The Morgan fingerprint density at radius 2 is 1.67 bits per heavy atom. The summed E-state index contributed by atoms with van der Waals surface area (Å²) < 4.78 is 32.6. The highest BCUT2D eigenvalue weighted by Crippen LogP contribution is 2.11. The fourth-order valence-corrected chi connectivity index (χ4v) is 4.78. The number of ketones is 1. The van der Waals surface area contributed by atoms with Crippen LogP contribution in [0.5, 0.6) is 0 Å². The number of β-amino-alcohol motifs (C(OH)–C–C–N with tert-alkyl or cyclic N) is 2. The molecule has 0 aliphatic carbocycles. The van der Waals surface area contributed by atoms with Crippen molar-refractivity contribution in [3.05, 3.63) is 12.2 Å². The lowest BCUT2D eigenvalue weighted by molar-refractivity contribution is -0.525. The Balaban J connectivity index is 2.37. The molecular formula is C24H45N2O6S+. The standard InChI is InChI=1S/C24H44N2O6S/c1-2-3-4-5-6-7-8-9-10-11-12-13-14-15-23(29)24-25(18-19-27)16-17-26(24)20-22(28)21-33(30,31)32/h10-11,22,27-28H,2-9,12-21H2,1H3/p+1/b11-10+. The van der Waals surface area contributed by atoms with Gasteiger partial charge in [0.15, 0.2) is 0 Å². The zero-order chi connectivity index (χ0) is 24.5. The van der Waals surface area contributed by atoms with Gasteiger partial charge >= 0.3 is 5.84 Å². The van der Waals surface area contributed by atoms with E-state index in [9.17, 15) is 23.4 Å². The first-order chi connectivity index (χ1) is 15.8. The number of carbonyl (C=O) groups is 1. The lowest BCUT2D eigenvalue weighted by atomic mass is 10.1. The summed E-state index contributed by atoms with van der Waals surface area (Å²) in [5.74, 6) is -0.407. The second-order valence-electron chi connectivity index (χ2n) is 8.93. The first-order valence-corrected chi connectivity index (χ1v) is 14.2. The average Bonchev–Trinajstić information content (AvgIpc) is 3.12. The van der Waals surface area contributed by atoms with Gasteiger partial charge < -0.3 is 10.2 Å². The van der Waals surface area contributed by atoms with Crippen molar-refractivity contribution in [2.75, 3.05) is 38.5 Å². The van der Waals surface area contributed by atoms with Gasteiger partial charge in [0.2, 0.25) is 5.78 Å². The zero-order valence-electron chi connectivity index (χ0n) is 20.3. The first-order valence-electron chi connectivity index (χ1n) is 12.6. The fraction of sp³-hybridized carbons (Fsp3) is 0.833. The minimum atomic E-state index is -4.29. The maximum Gasteiger partial charge on any atom is 0.316 e. The first kappa shape index (κ1) is 29.7. The van der Waals surface area contributed by atoms with Crippen LogP contribution in [-0.4, -0.2) is 88.9 Å². The van der Waals surface area contributed by atoms with E-state index < -0.39 is 22.0 Å². The smallest absolute Gasteiger partial charge is 0.316 e. The molecule has 0 aromatic rings. The number of carbonyl (C=O) groups excluding carboxylic acids is 1. The van der Waals surface area contributed by atoms with E-state index in [1.807, 2.05) is 0 Å². The highest BCUT2D eigenvalue weighted by atomic mass is 32.2. The van der Waals surface area contributed by atoms with Gasteiger partial charge in [0.25, 0.3) is 10.1 Å². The molecule has 0 bridgehead atoms. The third-order valence-corrected chi connectivity index (χ3v) is 6.66. The summed E-state index contributed by atoms with van der Waals surface area (Å²) in [6.45, 7) is 3.39. The number of nitrogens with zero attached hydrogens (tertiary/aromatic N) is 2. The lowest BCUT2D eigenvalue weighted by Gasteiger charge is -2.13. The van der Waals surface area contributed by atoms with Crippen LogP contribution in [0.4, 0.5) is 0 Å². The Morgan fingerprint density at radius 3 is 2.27 bits per heavy atom. The molecule has 1 aliphatic heterocycles. The summed E-state index contributed by atoms with van der Waals surface area (Å²) in [5, 5.41) is 19.3. The van der Waals surface area contributed by atoms with Gasteiger partial charge in [-0.25, -0.2) is 0 Å². The van der Waals surface area contributed by atoms with Crippen LogP contribution in [0.1, 0.15) is 84.0 Å². The Bertz CT molecular complexity index is 720. The van der Waals surface area contributed by atoms with E-state index in [0.717, 1.165) is 25.7 Å². The minimum Gasteiger partial charge on any atom is -0.392 e. The molecule has 9 heteroatoms. The molecule has 0 fully saturated rings. The molecule has 33 heavy (non-hydrogen) atoms. The number of amidine groups is 1. The molecule has 1 aliphatic rings. The van der Waals surface area contributed by atoms with E-state index >= 15 is 0 Å². The number of aliphatic hydroxyl groups is 2. The fourth-order valence-electron chi connectivity index (χ4n) is 4.19. The Hall–Kier alpha value is -1.29. The van der Waals surface area contributed by atoms with Gasteiger partial charge in [0.1, 0.15) is 38.0 Å². The van der Waals surface area contributed by atoms with Crippen LogP contribution in [0.2, 0.25) is 0 Å². The normalized spacial score (nSPS) is 15.7. The Labute approximate surface area is 200 Å².